The molecule has 0 spiro atoms. The molecule has 1 amide bonds. The normalized spacial score (nSPS) is 32.7. The molecule has 98 valence electrons. The summed E-state index contributed by atoms with van der Waals surface area (Å²) in [5, 5.41) is 9.20. The van der Waals surface area contributed by atoms with E-state index in [4.69, 9.17) is 4.74 Å². The van der Waals surface area contributed by atoms with E-state index in [0.29, 0.717) is 17.9 Å². The molecule has 4 heteroatoms. The largest absolute Gasteiger partial charge is 0.444 e. The number of ether oxygens (including phenoxy) is 1. The second-order valence-corrected chi connectivity index (χ2v) is 6.31. The predicted molar refractivity (Wildman–Crippen MR) is 64.6 cm³/mol. The average Bonchev–Trinajstić information content (AvgIpc) is 2.71. The molecular formula is C13H23NO3. The van der Waals surface area contributed by atoms with Gasteiger partial charge in [0.15, 0.2) is 0 Å². The van der Waals surface area contributed by atoms with Crippen molar-refractivity contribution in [1.29, 1.82) is 0 Å². The van der Waals surface area contributed by atoms with E-state index in [1.165, 1.54) is 0 Å². The van der Waals surface area contributed by atoms with Crippen LogP contribution in [0.5, 0.6) is 0 Å². The number of rotatable bonds is 1. The van der Waals surface area contributed by atoms with Crippen molar-refractivity contribution < 1.29 is 14.6 Å². The van der Waals surface area contributed by atoms with E-state index in [9.17, 15) is 9.90 Å². The van der Waals surface area contributed by atoms with E-state index < -0.39 is 5.60 Å². The molecule has 0 bridgehead atoms. The standard InChI is InChI=1S/C13H23NO3/c1-13(2,3)17-12(16)14-5-4-10-6-9(8-15)7-11(10)14/h9-11,15H,4-8H2,1-3H3/t9-,10-,11+/m1/s1. The number of likely N-dealkylation sites (tertiary alicyclic amines) is 1. The van der Waals surface area contributed by atoms with Crippen LogP contribution in [-0.4, -0.2) is 40.9 Å². The maximum absolute atomic E-state index is 12.0. The van der Waals surface area contributed by atoms with Crippen molar-refractivity contribution in [3.63, 3.8) is 0 Å². The van der Waals surface area contributed by atoms with Gasteiger partial charge in [0.25, 0.3) is 0 Å². The molecule has 1 saturated heterocycles. The number of fused-ring (bicyclic) bond motifs is 1. The summed E-state index contributed by atoms with van der Waals surface area (Å²) in [6, 6.07) is 0.294. The van der Waals surface area contributed by atoms with Crippen molar-refractivity contribution in [3.05, 3.63) is 0 Å². The molecule has 2 fully saturated rings. The zero-order chi connectivity index (χ0) is 12.6. The van der Waals surface area contributed by atoms with Crippen LogP contribution in [0.3, 0.4) is 0 Å². The van der Waals surface area contributed by atoms with E-state index in [0.717, 1.165) is 25.8 Å². The van der Waals surface area contributed by atoms with E-state index in [2.05, 4.69) is 0 Å². The van der Waals surface area contributed by atoms with Crippen LogP contribution in [0.2, 0.25) is 0 Å². The molecule has 1 aliphatic carbocycles. The van der Waals surface area contributed by atoms with Crippen LogP contribution in [0.25, 0.3) is 0 Å². The fraction of sp³-hybridized carbons (Fsp3) is 0.923. The number of hydrogen-bond donors (Lipinski definition) is 1. The van der Waals surface area contributed by atoms with Crippen molar-refractivity contribution in [2.75, 3.05) is 13.2 Å². The second-order valence-electron chi connectivity index (χ2n) is 6.31. The molecular weight excluding hydrogens is 218 g/mol. The third-order valence-electron chi connectivity index (χ3n) is 3.78. The first-order chi connectivity index (χ1) is 7.90. The minimum Gasteiger partial charge on any atom is -0.444 e. The topological polar surface area (TPSA) is 49.8 Å². The number of amides is 1. The quantitative estimate of drug-likeness (QED) is 0.764. The number of nitrogens with zero attached hydrogens (tertiary/aromatic N) is 1. The number of hydrogen-bond acceptors (Lipinski definition) is 3. The number of aliphatic hydroxyl groups is 1. The van der Waals surface area contributed by atoms with Gasteiger partial charge in [0.05, 0.1) is 0 Å². The summed E-state index contributed by atoms with van der Waals surface area (Å²) in [6.45, 7) is 6.73. The molecule has 0 aromatic heterocycles. The monoisotopic (exact) mass is 241 g/mol. The van der Waals surface area contributed by atoms with Gasteiger partial charge in [0, 0.05) is 19.2 Å². The van der Waals surface area contributed by atoms with Gasteiger partial charge in [-0.25, -0.2) is 4.79 Å². The Kier molecular flexibility index (Phi) is 3.34. The average molecular weight is 241 g/mol. The van der Waals surface area contributed by atoms with Gasteiger partial charge < -0.3 is 14.7 Å². The van der Waals surface area contributed by atoms with Crippen LogP contribution in [-0.2, 0) is 4.74 Å². The van der Waals surface area contributed by atoms with E-state index in [1.54, 1.807) is 0 Å². The van der Waals surface area contributed by atoms with E-state index in [1.807, 2.05) is 25.7 Å². The van der Waals surface area contributed by atoms with Gasteiger partial charge in [0.2, 0.25) is 0 Å². The lowest BCUT2D eigenvalue weighted by Gasteiger charge is -2.28. The first-order valence-electron chi connectivity index (χ1n) is 6.51. The predicted octanol–water partition coefficient (Wildman–Crippen LogP) is 2.01. The molecule has 0 aromatic rings. The van der Waals surface area contributed by atoms with Gasteiger partial charge in [-0.2, -0.15) is 0 Å². The molecule has 0 radical (unpaired) electrons. The Bertz CT molecular complexity index is 298. The molecule has 0 unspecified atom stereocenters. The molecule has 1 aliphatic heterocycles. The lowest BCUT2D eigenvalue weighted by molar-refractivity contribution is 0.0212. The summed E-state index contributed by atoms with van der Waals surface area (Å²) in [4.78, 5) is 13.9. The van der Waals surface area contributed by atoms with Gasteiger partial charge in [0.1, 0.15) is 5.60 Å². The number of aliphatic hydroxyl groups excluding tert-OH is 1. The minimum absolute atomic E-state index is 0.191. The van der Waals surface area contributed by atoms with Crippen molar-refractivity contribution in [1.82, 2.24) is 4.90 Å². The second kappa shape index (κ2) is 4.48. The smallest absolute Gasteiger partial charge is 0.410 e. The maximum atomic E-state index is 12.0. The van der Waals surface area contributed by atoms with Crippen LogP contribution in [0.15, 0.2) is 0 Å². The molecule has 0 aromatic carbocycles. The van der Waals surface area contributed by atoms with E-state index in [-0.39, 0.29) is 12.7 Å². The summed E-state index contributed by atoms with van der Waals surface area (Å²) in [6.07, 6.45) is 2.85. The molecule has 3 atom stereocenters. The molecule has 2 rings (SSSR count). The first kappa shape index (κ1) is 12.7. The van der Waals surface area contributed by atoms with Gasteiger partial charge in [-0.05, 0) is 51.9 Å². The molecule has 1 heterocycles. The highest BCUT2D eigenvalue weighted by Gasteiger charge is 2.44. The third-order valence-corrected chi connectivity index (χ3v) is 3.78. The molecule has 1 saturated carbocycles. The Morgan fingerprint density at radius 2 is 2.12 bits per heavy atom. The van der Waals surface area contributed by atoms with Crippen LogP contribution in [0.1, 0.15) is 40.0 Å². The summed E-state index contributed by atoms with van der Waals surface area (Å²) in [7, 11) is 0. The van der Waals surface area contributed by atoms with Gasteiger partial charge in [-0.15, -0.1) is 0 Å². The van der Waals surface area contributed by atoms with Gasteiger partial charge >= 0.3 is 6.09 Å². The Balaban J connectivity index is 1.97. The summed E-state index contributed by atoms with van der Waals surface area (Å²) >= 11 is 0. The Labute approximate surface area is 103 Å². The number of carbonyl (C=O) groups excluding carboxylic acids is 1. The summed E-state index contributed by atoms with van der Waals surface area (Å²) in [5.41, 5.74) is -0.426. The molecule has 2 aliphatic rings. The molecule has 4 nitrogen and oxygen atoms in total. The Morgan fingerprint density at radius 3 is 2.71 bits per heavy atom. The number of carbonyl (C=O) groups is 1. The lowest BCUT2D eigenvalue weighted by Crippen LogP contribution is -2.40. The fourth-order valence-electron chi connectivity index (χ4n) is 3.07. The highest BCUT2D eigenvalue weighted by molar-refractivity contribution is 5.69. The van der Waals surface area contributed by atoms with E-state index >= 15 is 0 Å². The van der Waals surface area contributed by atoms with Crippen LogP contribution >= 0.6 is 0 Å². The first-order valence-corrected chi connectivity index (χ1v) is 6.51. The van der Waals surface area contributed by atoms with Crippen molar-refractivity contribution in [2.24, 2.45) is 11.8 Å². The lowest BCUT2D eigenvalue weighted by atomic mass is 10.0. The minimum atomic E-state index is -0.426. The zero-order valence-electron chi connectivity index (χ0n) is 11.0. The third kappa shape index (κ3) is 2.73. The van der Waals surface area contributed by atoms with Crippen molar-refractivity contribution in [2.45, 2.75) is 51.7 Å². The summed E-state index contributed by atoms with van der Waals surface area (Å²) < 4.78 is 5.42. The van der Waals surface area contributed by atoms with Crippen molar-refractivity contribution in [3.8, 4) is 0 Å². The van der Waals surface area contributed by atoms with Crippen LogP contribution < -0.4 is 0 Å². The molecule has 1 N–H and O–H groups in total. The SMILES string of the molecule is CC(C)(C)OC(=O)N1CC[C@@H]2C[C@@H](CO)C[C@@H]21. The zero-order valence-corrected chi connectivity index (χ0v) is 11.0. The molecule has 17 heavy (non-hydrogen) atoms. The highest BCUT2D eigenvalue weighted by Crippen LogP contribution is 2.41. The van der Waals surface area contributed by atoms with Crippen molar-refractivity contribution >= 4 is 6.09 Å². The van der Waals surface area contributed by atoms with Crippen LogP contribution in [0, 0.1) is 11.8 Å². The Hall–Kier alpha value is -0.770. The highest BCUT2D eigenvalue weighted by atomic mass is 16.6. The van der Waals surface area contributed by atoms with Gasteiger partial charge in [-0.1, -0.05) is 0 Å². The fourth-order valence-corrected chi connectivity index (χ4v) is 3.07. The van der Waals surface area contributed by atoms with Crippen LogP contribution in [0.4, 0.5) is 4.79 Å². The maximum Gasteiger partial charge on any atom is 0.410 e. The van der Waals surface area contributed by atoms with Gasteiger partial charge in [-0.3, -0.25) is 0 Å². The summed E-state index contributed by atoms with van der Waals surface area (Å²) in [5.74, 6) is 0.940. The Morgan fingerprint density at radius 1 is 1.41 bits per heavy atom.